The summed E-state index contributed by atoms with van der Waals surface area (Å²) in [5.41, 5.74) is 2.39. The largest absolute Gasteiger partial charge is 0.505 e. The third-order valence-electron chi connectivity index (χ3n) is 4.81. The number of hydrogen-bond acceptors (Lipinski definition) is 6. The lowest BCUT2D eigenvalue weighted by molar-refractivity contribution is -0.119. The fourth-order valence-corrected chi connectivity index (χ4v) is 3.04. The molecule has 0 atom stereocenters. The van der Waals surface area contributed by atoms with E-state index in [9.17, 15) is 24.3 Å². The second kappa shape index (κ2) is 9.09. The number of benzene rings is 1. The van der Waals surface area contributed by atoms with Gasteiger partial charge in [-0.1, -0.05) is 12.1 Å². The maximum absolute atomic E-state index is 13.2. The number of carbonyl (C=O) groups is 2. The van der Waals surface area contributed by atoms with Gasteiger partial charge >= 0.3 is 5.97 Å². The van der Waals surface area contributed by atoms with E-state index >= 15 is 0 Å². The minimum Gasteiger partial charge on any atom is -0.505 e. The van der Waals surface area contributed by atoms with Gasteiger partial charge in [0.25, 0.3) is 5.91 Å². The Morgan fingerprint density at radius 3 is 2.61 bits per heavy atom. The average molecular weight is 422 g/mol. The number of nitrogens with one attached hydrogen (secondary N) is 1. The number of aromatic hydroxyl groups is 1. The van der Waals surface area contributed by atoms with Gasteiger partial charge in [-0.05, 0) is 43.2 Å². The molecule has 0 aliphatic heterocycles. The lowest BCUT2D eigenvalue weighted by atomic mass is 10.2. The Bertz CT molecular complexity index is 1180. The smallest absolute Gasteiger partial charge is 0.342 e. The molecule has 2 heterocycles. The maximum atomic E-state index is 13.2. The molecule has 0 bridgehead atoms. The van der Waals surface area contributed by atoms with E-state index in [1.165, 1.54) is 24.4 Å². The van der Waals surface area contributed by atoms with Crippen LogP contribution in [-0.2, 0) is 16.1 Å². The van der Waals surface area contributed by atoms with Crippen LogP contribution in [0.15, 0.2) is 42.7 Å². The van der Waals surface area contributed by atoms with Gasteiger partial charge in [0.1, 0.15) is 29.0 Å². The Balaban J connectivity index is 1.78. The quantitative estimate of drug-likeness (QED) is 0.590. The molecule has 0 radical (unpaired) electrons. The standard InChI is InChI=1S/C22H19FN4O4/c1-13-14(2)27(11-15-3-5-16(23)6-4-15)21(18(13)9-24)26-20(29)12-31-22(30)17-7-8-25-10-19(17)28/h3-8,10,28H,11-12H2,1-2H3,(H,26,29). The molecule has 0 aliphatic rings. The minimum atomic E-state index is -0.885. The molecule has 0 spiro atoms. The van der Waals surface area contributed by atoms with Gasteiger partial charge in [0.05, 0.1) is 11.8 Å². The molecule has 8 nitrogen and oxygen atoms in total. The second-order valence-corrected chi connectivity index (χ2v) is 6.78. The number of hydrogen-bond donors (Lipinski definition) is 2. The molecule has 2 N–H and O–H groups in total. The number of carbonyl (C=O) groups excluding carboxylic acids is 2. The molecule has 1 aromatic carbocycles. The number of pyridine rings is 1. The fourth-order valence-electron chi connectivity index (χ4n) is 3.04. The van der Waals surface area contributed by atoms with Crippen molar-refractivity contribution in [3.05, 3.63) is 76.5 Å². The first kappa shape index (κ1) is 21.5. The molecule has 31 heavy (non-hydrogen) atoms. The summed E-state index contributed by atoms with van der Waals surface area (Å²) in [7, 11) is 0. The number of halogens is 1. The molecule has 0 saturated heterocycles. The summed E-state index contributed by atoms with van der Waals surface area (Å²) in [6.07, 6.45) is 2.40. The van der Waals surface area contributed by atoms with Gasteiger partial charge < -0.3 is 19.7 Å². The predicted molar refractivity (Wildman–Crippen MR) is 109 cm³/mol. The van der Waals surface area contributed by atoms with Crippen molar-refractivity contribution in [3.63, 3.8) is 0 Å². The van der Waals surface area contributed by atoms with Crippen molar-refractivity contribution in [1.82, 2.24) is 9.55 Å². The van der Waals surface area contributed by atoms with Crippen molar-refractivity contribution < 1.29 is 23.8 Å². The van der Waals surface area contributed by atoms with Crippen LogP contribution in [-0.4, -0.2) is 33.1 Å². The topological polar surface area (TPSA) is 117 Å². The summed E-state index contributed by atoms with van der Waals surface area (Å²) in [6.45, 7) is 3.25. The highest BCUT2D eigenvalue weighted by atomic mass is 19.1. The highest BCUT2D eigenvalue weighted by Gasteiger charge is 2.21. The first-order chi connectivity index (χ1) is 14.8. The molecule has 158 valence electrons. The van der Waals surface area contributed by atoms with Crippen LogP contribution in [0.2, 0.25) is 0 Å². The summed E-state index contributed by atoms with van der Waals surface area (Å²) in [6, 6.07) is 9.24. The number of anilines is 1. The monoisotopic (exact) mass is 422 g/mol. The van der Waals surface area contributed by atoms with Gasteiger partial charge in [-0.15, -0.1) is 0 Å². The van der Waals surface area contributed by atoms with Crippen LogP contribution in [0.25, 0.3) is 0 Å². The Labute approximate surface area is 177 Å². The Morgan fingerprint density at radius 2 is 1.97 bits per heavy atom. The summed E-state index contributed by atoms with van der Waals surface area (Å²) in [5.74, 6) is -2.01. The molecule has 3 rings (SSSR count). The summed E-state index contributed by atoms with van der Waals surface area (Å²) >= 11 is 0. The minimum absolute atomic E-state index is 0.119. The van der Waals surface area contributed by atoms with E-state index in [4.69, 9.17) is 4.74 Å². The maximum Gasteiger partial charge on any atom is 0.342 e. The molecular weight excluding hydrogens is 403 g/mol. The van der Waals surface area contributed by atoms with E-state index in [-0.39, 0.29) is 28.5 Å². The van der Waals surface area contributed by atoms with Crippen molar-refractivity contribution in [2.75, 3.05) is 11.9 Å². The van der Waals surface area contributed by atoms with E-state index in [1.807, 2.05) is 6.92 Å². The SMILES string of the molecule is Cc1c(C#N)c(NC(=O)COC(=O)c2ccncc2O)n(Cc2ccc(F)cc2)c1C. The first-order valence-corrected chi connectivity index (χ1v) is 9.26. The molecule has 3 aromatic rings. The van der Waals surface area contributed by atoms with Gasteiger partial charge in [-0.3, -0.25) is 9.78 Å². The number of esters is 1. The molecule has 9 heteroatoms. The summed E-state index contributed by atoms with van der Waals surface area (Å²) in [4.78, 5) is 28.2. The number of nitrogens with zero attached hydrogens (tertiary/aromatic N) is 3. The van der Waals surface area contributed by atoms with Gasteiger partial charge in [0.2, 0.25) is 0 Å². The highest BCUT2D eigenvalue weighted by molar-refractivity contribution is 5.97. The van der Waals surface area contributed by atoms with Crippen LogP contribution in [0.4, 0.5) is 10.2 Å². The molecule has 0 unspecified atom stereocenters. The third kappa shape index (κ3) is 4.70. The normalized spacial score (nSPS) is 10.4. The first-order valence-electron chi connectivity index (χ1n) is 9.26. The summed E-state index contributed by atoms with van der Waals surface area (Å²) in [5, 5.41) is 21.8. The van der Waals surface area contributed by atoms with Crippen LogP contribution in [0.5, 0.6) is 5.75 Å². The van der Waals surface area contributed by atoms with Crippen LogP contribution < -0.4 is 5.32 Å². The van der Waals surface area contributed by atoms with Crippen LogP contribution in [0.3, 0.4) is 0 Å². The number of aromatic nitrogens is 2. The van der Waals surface area contributed by atoms with Crippen molar-refractivity contribution in [3.8, 4) is 11.8 Å². The predicted octanol–water partition coefficient (Wildman–Crippen LogP) is 3.06. The molecule has 2 aromatic heterocycles. The third-order valence-corrected chi connectivity index (χ3v) is 4.81. The Morgan fingerprint density at radius 1 is 1.26 bits per heavy atom. The number of nitriles is 1. The molecular formula is C22H19FN4O4. The van der Waals surface area contributed by atoms with E-state index in [0.717, 1.165) is 17.5 Å². The summed E-state index contributed by atoms with van der Waals surface area (Å²) < 4.78 is 19.9. The number of ether oxygens (including phenoxy) is 1. The number of amides is 1. The zero-order chi connectivity index (χ0) is 22.5. The van der Waals surface area contributed by atoms with Crippen molar-refractivity contribution in [1.29, 1.82) is 5.26 Å². The fraction of sp³-hybridized carbons (Fsp3) is 0.182. The average Bonchev–Trinajstić information content (AvgIpc) is 2.97. The van der Waals surface area contributed by atoms with Gasteiger partial charge in [0, 0.05) is 18.4 Å². The lowest BCUT2D eigenvalue weighted by Gasteiger charge is -2.13. The molecule has 0 aliphatic carbocycles. The van der Waals surface area contributed by atoms with E-state index in [0.29, 0.717) is 12.1 Å². The van der Waals surface area contributed by atoms with E-state index in [2.05, 4.69) is 16.4 Å². The van der Waals surface area contributed by atoms with Crippen molar-refractivity contribution >= 4 is 17.7 Å². The van der Waals surface area contributed by atoms with Crippen LogP contribution >= 0.6 is 0 Å². The zero-order valence-corrected chi connectivity index (χ0v) is 16.8. The van der Waals surface area contributed by atoms with Crippen LogP contribution in [0.1, 0.15) is 32.7 Å². The Kier molecular flexibility index (Phi) is 6.31. The molecule has 0 fully saturated rings. The van der Waals surface area contributed by atoms with Crippen molar-refractivity contribution in [2.45, 2.75) is 20.4 Å². The van der Waals surface area contributed by atoms with Gasteiger partial charge in [0.15, 0.2) is 6.61 Å². The zero-order valence-electron chi connectivity index (χ0n) is 16.8. The van der Waals surface area contributed by atoms with Crippen molar-refractivity contribution in [2.24, 2.45) is 0 Å². The van der Waals surface area contributed by atoms with E-state index < -0.39 is 18.5 Å². The number of rotatable bonds is 6. The second-order valence-electron chi connectivity index (χ2n) is 6.78. The molecule has 0 saturated carbocycles. The van der Waals surface area contributed by atoms with Crippen LogP contribution in [0, 0.1) is 31.0 Å². The van der Waals surface area contributed by atoms with Gasteiger partial charge in [-0.25, -0.2) is 9.18 Å². The Hall–Kier alpha value is -4.19. The van der Waals surface area contributed by atoms with Gasteiger partial charge in [-0.2, -0.15) is 5.26 Å². The van der Waals surface area contributed by atoms with E-state index in [1.54, 1.807) is 23.6 Å². The lowest BCUT2D eigenvalue weighted by Crippen LogP contribution is -2.23. The highest BCUT2D eigenvalue weighted by Crippen LogP contribution is 2.27. The molecule has 1 amide bonds.